The zero-order chi connectivity index (χ0) is 26.9. The van der Waals surface area contributed by atoms with E-state index in [2.05, 4.69) is 31.7 Å². The number of pyridine rings is 1. The van der Waals surface area contributed by atoms with Crippen molar-refractivity contribution in [3.8, 4) is 6.07 Å². The number of carbonyl (C=O) groups excluding carboxylic acids is 1. The van der Waals surface area contributed by atoms with Crippen molar-refractivity contribution >= 4 is 46.1 Å². The molecule has 1 aromatic heterocycles. The Morgan fingerprint density at radius 3 is 2.46 bits per heavy atom. The van der Waals surface area contributed by atoms with Crippen molar-refractivity contribution < 1.29 is 4.79 Å². The van der Waals surface area contributed by atoms with Gasteiger partial charge in [0.1, 0.15) is 21.8 Å². The number of nitriles is 1. The molecule has 2 aliphatic heterocycles. The van der Waals surface area contributed by atoms with Crippen LogP contribution in [0.25, 0.3) is 6.08 Å². The molecule has 1 amide bonds. The molecule has 6 nitrogen and oxygen atoms in total. The first-order chi connectivity index (χ1) is 17.8. The number of rotatable bonds is 12. The van der Waals surface area contributed by atoms with E-state index in [4.69, 9.17) is 12.2 Å². The molecule has 0 bridgehead atoms. The van der Waals surface area contributed by atoms with Crippen LogP contribution in [0.2, 0.25) is 0 Å². The van der Waals surface area contributed by atoms with Gasteiger partial charge in [0.2, 0.25) is 0 Å². The number of nitrogens with zero attached hydrogens (tertiary/aromatic N) is 4. The molecule has 3 heterocycles. The highest BCUT2D eigenvalue weighted by atomic mass is 32.2. The average Bonchev–Trinajstić information content (AvgIpc) is 3.14. The Balaban J connectivity index is 1.99. The second kappa shape index (κ2) is 14.2. The molecule has 8 heteroatoms. The Kier molecular flexibility index (Phi) is 11.3. The molecule has 0 spiro atoms. The lowest BCUT2D eigenvalue weighted by Gasteiger charge is -2.36. The summed E-state index contributed by atoms with van der Waals surface area (Å²) >= 11 is 6.93. The molecule has 1 aromatic rings. The fraction of sp³-hybridized carbons (Fsp3) is 0.655. The van der Waals surface area contributed by atoms with Crippen molar-refractivity contribution in [3.63, 3.8) is 0 Å². The zero-order valence-electron chi connectivity index (χ0n) is 23.0. The second-order valence-electron chi connectivity index (χ2n) is 10.5. The number of amides is 1. The number of piperidine rings is 1. The minimum absolute atomic E-state index is 0.0641. The van der Waals surface area contributed by atoms with Gasteiger partial charge in [-0.15, -0.1) is 0 Å². The highest BCUT2D eigenvalue weighted by Crippen LogP contribution is 2.37. The maximum atomic E-state index is 13.4. The average molecular weight is 543 g/mol. The largest absolute Gasteiger partial charge is 0.357 e. The van der Waals surface area contributed by atoms with Crippen molar-refractivity contribution in [1.82, 2.24) is 9.47 Å². The molecule has 2 fully saturated rings. The van der Waals surface area contributed by atoms with Crippen LogP contribution >= 0.6 is 24.0 Å². The number of hydrogen-bond acceptors (Lipinski definition) is 6. The minimum Gasteiger partial charge on any atom is -0.357 e. The van der Waals surface area contributed by atoms with Crippen LogP contribution in [0.3, 0.4) is 0 Å². The summed E-state index contributed by atoms with van der Waals surface area (Å²) in [5, 5.41) is 9.89. The van der Waals surface area contributed by atoms with Crippen LogP contribution in [-0.4, -0.2) is 39.3 Å². The maximum Gasteiger partial charge on any atom is 0.270 e. The van der Waals surface area contributed by atoms with Crippen LogP contribution in [0.1, 0.15) is 102 Å². The molecule has 37 heavy (non-hydrogen) atoms. The van der Waals surface area contributed by atoms with Crippen LogP contribution in [-0.2, 0) is 11.3 Å². The predicted molar refractivity (Wildman–Crippen MR) is 159 cm³/mol. The first-order valence-corrected chi connectivity index (χ1v) is 15.2. The number of anilines is 1. The normalized spacial score (nSPS) is 19.2. The molecule has 202 valence electrons. The summed E-state index contributed by atoms with van der Waals surface area (Å²) in [4.78, 5) is 31.4. The molecule has 2 aliphatic rings. The maximum absolute atomic E-state index is 13.4. The van der Waals surface area contributed by atoms with Gasteiger partial charge in [-0.1, -0.05) is 83.3 Å². The summed E-state index contributed by atoms with van der Waals surface area (Å²) in [6, 6.07) is 2.15. The first-order valence-electron chi connectivity index (χ1n) is 14.0. The quantitative estimate of drug-likeness (QED) is 0.168. The summed E-state index contributed by atoms with van der Waals surface area (Å²) in [7, 11) is 0. The first kappa shape index (κ1) is 29.4. The Morgan fingerprint density at radius 2 is 1.78 bits per heavy atom. The van der Waals surface area contributed by atoms with Gasteiger partial charge < -0.3 is 4.90 Å². The van der Waals surface area contributed by atoms with Crippen LogP contribution in [0, 0.1) is 24.2 Å². The van der Waals surface area contributed by atoms with Gasteiger partial charge in [-0.2, -0.15) is 5.26 Å². The van der Waals surface area contributed by atoms with Crippen molar-refractivity contribution in [1.29, 1.82) is 5.26 Å². The van der Waals surface area contributed by atoms with Crippen molar-refractivity contribution in [2.24, 2.45) is 5.92 Å². The second-order valence-corrected chi connectivity index (χ2v) is 12.1. The molecule has 0 aliphatic carbocycles. The SMILES string of the molecule is CCCCCCCCN1C(=O)/C(=C\c2c(C)c(C#N)c(=O)n(CCCC)c2N2CCCC(C)C2)SC1=S. The molecular weight excluding hydrogens is 500 g/mol. The minimum atomic E-state index is -0.227. The lowest BCUT2D eigenvalue weighted by atomic mass is 9.98. The summed E-state index contributed by atoms with van der Waals surface area (Å²) in [5.41, 5.74) is 1.39. The number of aromatic nitrogens is 1. The standard InChI is InChI=1S/C29H42N4O2S2/c1-5-7-9-10-11-12-17-33-28(35)25(37-29(33)36)18-23-22(4)24(19-30)27(34)32(16-8-6-2)26(23)31-15-13-14-21(3)20-31/h18,21H,5-17,20H2,1-4H3/b25-18+. The highest BCUT2D eigenvalue weighted by Gasteiger charge is 2.33. The molecule has 1 unspecified atom stereocenters. The molecule has 0 radical (unpaired) electrons. The van der Waals surface area contributed by atoms with E-state index in [1.165, 1.54) is 37.4 Å². The van der Waals surface area contributed by atoms with Crippen LogP contribution in [0.4, 0.5) is 5.82 Å². The Labute approximate surface area is 232 Å². The third kappa shape index (κ3) is 7.06. The van der Waals surface area contributed by atoms with Gasteiger partial charge in [-0.25, -0.2) is 0 Å². The third-order valence-electron chi connectivity index (χ3n) is 7.42. The van der Waals surface area contributed by atoms with Gasteiger partial charge in [0, 0.05) is 31.7 Å². The van der Waals surface area contributed by atoms with Crippen molar-refractivity contribution in [2.45, 2.75) is 98.4 Å². The number of hydrogen-bond donors (Lipinski definition) is 0. The van der Waals surface area contributed by atoms with Gasteiger partial charge in [-0.05, 0) is 50.2 Å². The highest BCUT2D eigenvalue weighted by molar-refractivity contribution is 8.26. The summed E-state index contributed by atoms with van der Waals surface area (Å²) in [5.74, 6) is 1.30. The number of unbranched alkanes of at least 4 members (excludes halogenated alkanes) is 6. The monoisotopic (exact) mass is 542 g/mol. The summed E-state index contributed by atoms with van der Waals surface area (Å²) < 4.78 is 2.38. The molecule has 3 rings (SSSR count). The van der Waals surface area contributed by atoms with Crippen LogP contribution < -0.4 is 10.5 Å². The number of carbonyl (C=O) groups is 1. The van der Waals surface area contributed by atoms with Crippen LogP contribution in [0.15, 0.2) is 9.70 Å². The van der Waals surface area contributed by atoms with Gasteiger partial charge in [0.25, 0.3) is 11.5 Å². The number of thioether (sulfide) groups is 1. The lowest BCUT2D eigenvalue weighted by molar-refractivity contribution is -0.122. The van der Waals surface area contributed by atoms with E-state index in [0.29, 0.717) is 33.8 Å². The molecule has 1 atom stereocenters. The van der Waals surface area contributed by atoms with E-state index in [0.717, 1.165) is 63.0 Å². The van der Waals surface area contributed by atoms with E-state index < -0.39 is 0 Å². The molecule has 2 saturated heterocycles. The van der Waals surface area contributed by atoms with Crippen molar-refractivity contribution in [3.05, 3.63) is 31.9 Å². The Bertz CT molecular complexity index is 1120. The zero-order valence-corrected chi connectivity index (χ0v) is 24.6. The summed E-state index contributed by atoms with van der Waals surface area (Å²) in [6.07, 6.45) is 12.9. The van der Waals surface area contributed by atoms with E-state index in [-0.39, 0.29) is 17.0 Å². The Hall–Kier alpha value is -2.11. The van der Waals surface area contributed by atoms with Crippen molar-refractivity contribution in [2.75, 3.05) is 24.5 Å². The van der Waals surface area contributed by atoms with E-state index in [9.17, 15) is 14.9 Å². The smallest absolute Gasteiger partial charge is 0.270 e. The van der Waals surface area contributed by atoms with E-state index >= 15 is 0 Å². The van der Waals surface area contributed by atoms with Crippen LogP contribution in [0.5, 0.6) is 0 Å². The molecular formula is C29H42N4O2S2. The third-order valence-corrected chi connectivity index (χ3v) is 8.80. The summed E-state index contributed by atoms with van der Waals surface area (Å²) in [6.45, 7) is 11.3. The van der Waals surface area contributed by atoms with Gasteiger partial charge in [0.15, 0.2) is 0 Å². The van der Waals surface area contributed by atoms with Gasteiger partial charge in [-0.3, -0.25) is 19.1 Å². The van der Waals surface area contributed by atoms with Gasteiger partial charge >= 0.3 is 0 Å². The number of thiocarbonyl (C=S) groups is 1. The molecule has 0 aromatic carbocycles. The fourth-order valence-electron chi connectivity index (χ4n) is 5.26. The van der Waals surface area contributed by atoms with E-state index in [1.54, 1.807) is 9.47 Å². The van der Waals surface area contributed by atoms with Gasteiger partial charge in [0.05, 0.1) is 4.91 Å². The molecule has 0 saturated carbocycles. The fourth-order valence-corrected chi connectivity index (χ4v) is 6.55. The predicted octanol–water partition coefficient (Wildman–Crippen LogP) is 6.63. The topological polar surface area (TPSA) is 69.3 Å². The molecule has 0 N–H and O–H groups in total. The Morgan fingerprint density at radius 1 is 1.08 bits per heavy atom. The van der Waals surface area contributed by atoms with E-state index in [1.807, 2.05) is 13.0 Å². The lowest BCUT2D eigenvalue weighted by Crippen LogP contribution is -2.40.